The van der Waals surface area contributed by atoms with Crippen LogP contribution in [0.5, 0.6) is 0 Å². The van der Waals surface area contributed by atoms with E-state index < -0.39 is 35.7 Å². The minimum absolute atomic E-state index is 0.132. The van der Waals surface area contributed by atoms with Crippen molar-refractivity contribution < 1.29 is 27.9 Å². The van der Waals surface area contributed by atoms with Crippen molar-refractivity contribution in [2.45, 2.75) is 24.9 Å². The first-order valence-corrected chi connectivity index (χ1v) is 11.4. The van der Waals surface area contributed by atoms with Gasteiger partial charge < -0.3 is 26.0 Å². The lowest BCUT2D eigenvalue weighted by molar-refractivity contribution is 0.100. The van der Waals surface area contributed by atoms with E-state index in [0.717, 1.165) is 48.7 Å². The number of piperidine rings is 1. The number of carbonyl (C=O) groups excluding carboxylic acids is 3. The monoisotopic (exact) mass is 487 g/mol. The lowest BCUT2D eigenvalue weighted by atomic mass is 10.0. The van der Waals surface area contributed by atoms with E-state index in [0.29, 0.717) is 12.1 Å². The molecule has 9 nitrogen and oxygen atoms in total. The normalized spacial score (nSPS) is 18.5. The number of benzene rings is 2. The molecule has 11 heteroatoms. The van der Waals surface area contributed by atoms with Gasteiger partial charge in [0.25, 0.3) is 5.91 Å². The van der Waals surface area contributed by atoms with Gasteiger partial charge in [-0.2, -0.15) is 0 Å². The van der Waals surface area contributed by atoms with Crippen LogP contribution in [0.4, 0.5) is 24.1 Å². The second-order valence-corrected chi connectivity index (χ2v) is 8.47. The highest BCUT2D eigenvalue weighted by Crippen LogP contribution is 2.29. The number of hydrogen-bond acceptors (Lipinski definition) is 6. The van der Waals surface area contributed by atoms with Crippen molar-refractivity contribution in [1.82, 2.24) is 15.5 Å². The molecule has 0 radical (unpaired) electrons. The highest BCUT2D eigenvalue weighted by Gasteiger charge is 2.39. The van der Waals surface area contributed by atoms with Crippen LogP contribution in [0, 0.1) is 11.6 Å². The van der Waals surface area contributed by atoms with Crippen molar-refractivity contribution in [1.29, 1.82) is 0 Å². The maximum atomic E-state index is 13.6. The van der Waals surface area contributed by atoms with Crippen LogP contribution >= 0.6 is 0 Å². The fourth-order valence-electron chi connectivity index (χ4n) is 4.42. The van der Waals surface area contributed by atoms with Gasteiger partial charge in [-0.3, -0.25) is 4.79 Å². The Kier molecular flexibility index (Phi) is 7.45. The molecule has 35 heavy (non-hydrogen) atoms. The summed E-state index contributed by atoms with van der Waals surface area (Å²) in [6, 6.07) is 9.23. The second kappa shape index (κ2) is 10.7. The van der Waals surface area contributed by atoms with Crippen LogP contribution in [-0.2, 0) is 4.74 Å². The van der Waals surface area contributed by atoms with E-state index in [1.54, 1.807) is 12.1 Å². The summed E-state index contributed by atoms with van der Waals surface area (Å²) in [5, 5.41) is 6.05. The molecule has 2 heterocycles. The van der Waals surface area contributed by atoms with Crippen LogP contribution < -0.4 is 21.3 Å². The molecule has 0 bridgehead atoms. The fraction of sp³-hybridized carbons (Fsp3) is 0.375. The number of amides is 4. The zero-order valence-electron chi connectivity index (χ0n) is 19.0. The van der Waals surface area contributed by atoms with E-state index in [-0.39, 0.29) is 24.8 Å². The quantitative estimate of drug-likeness (QED) is 0.517. The van der Waals surface area contributed by atoms with Crippen molar-refractivity contribution in [2.75, 3.05) is 37.7 Å². The maximum absolute atomic E-state index is 13.6. The number of anilines is 1. The number of primary amides is 1. The molecular weight excluding hydrogens is 460 g/mol. The zero-order valence-corrected chi connectivity index (χ0v) is 19.0. The van der Waals surface area contributed by atoms with Crippen molar-refractivity contribution in [3.63, 3.8) is 0 Å². The van der Waals surface area contributed by atoms with Crippen molar-refractivity contribution in [2.24, 2.45) is 5.73 Å². The van der Waals surface area contributed by atoms with Crippen molar-refractivity contribution >= 4 is 23.7 Å². The first-order chi connectivity index (χ1) is 16.8. The van der Waals surface area contributed by atoms with Gasteiger partial charge >= 0.3 is 12.1 Å². The minimum atomic E-state index is -1.06. The molecule has 2 aromatic rings. The summed E-state index contributed by atoms with van der Waals surface area (Å²) in [7, 11) is 0. The predicted octanol–water partition coefficient (Wildman–Crippen LogP) is 2.53. The maximum Gasteiger partial charge on any atom is 0.418 e. The Balaban J connectivity index is 1.23. The minimum Gasteiger partial charge on any atom is -0.446 e. The van der Waals surface area contributed by atoms with Gasteiger partial charge in [0.05, 0.1) is 5.56 Å². The molecular formula is C24H27F2N5O4. The lowest BCUT2D eigenvalue weighted by Crippen LogP contribution is -2.47. The number of halogens is 2. The largest absolute Gasteiger partial charge is 0.446 e. The van der Waals surface area contributed by atoms with E-state index in [9.17, 15) is 23.2 Å². The van der Waals surface area contributed by atoms with Crippen LogP contribution in [0.2, 0.25) is 0 Å². The third-order valence-electron chi connectivity index (χ3n) is 6.26. The Hall–Kier alpha value is -3.73. The molecule has 0 aromatic heterocycles. The first-order valence-electron chi connectivity index (χ1n) is 11.4. The fourth-order valence-corrected chi connectivity index (χ4v) is 4.42. The molecule has 0 unspecified atom stereocenters. The summed E-state index contributed by atoms with van der Waals surface area (Å²) < 4.78 is 31.8. The van der Waals surface area contributed by atoms with Gasteiger partial charge in [0.1, 0.15) is 12.6 Å². The van der Waals surface area contributed by atoms with E-state index >= 15 is 0 Å². The number of rotatable bonds is 7. The molecule has 2 aliphatic heterocycles. The van der Waals surface area contributed by atoms with Crippen molar-refractivity contribution in [3.8, 4) is 0 Å². The molecule has 2 aliphatic rings. The van der Waals surface area contributed by atoms with Gasteiger partial charge in [0.15, 0.2) is 11.6 Å². The molecule has 1 atom stereocenters. The molecule has 2 aromatic carbocycles. The summed E-state index contributed by atoms with van der Waals surface area (Å²) in [5.41, 5.74) is 7.09. The Bertz CT molecular complexity index is 1110. The average Bonchev–Trinajstić information content (AvgIpc) is 3.25. The van der Waals surface area contributed by atoms with Gasteiger partial charge in [-0.15, -0.1) is 0 Å². The number of para-hydroxylation sites is 1. The summed E-state index contributed by atoms with van der Waals surface area (Å²) in [4.78, 5) is 39.4. The molecule has 4 N–H and O–H groups in total. The standard InChI is InChI=1S/C24H27F2N5O4/c25-18-6-5-15(13-19(18)26)21-14-35-24(34)31(21)23(33)29-10-9-28-16-7-11-30(12-8-16)20-4-2-1-3-17(20)22(27)32/h1-6,13,16,21,28H,7-12,14H2,(H2,27,32)(H,29,33)/t21-/m1/s1. The molecule has 2 fully saturated rings. The molecule has 0 spiro atoms. The van der Waals surface area contributed by atoms with E-state index in [2.05, 4.69) is 15.5 Å². The van der Waals surface area contributed by atoms with Gasteiger partial charge in [0.2, 0.25) is 0 Å². The van der Waals surface area contributed by atoms with Gasteiger partial charge in [-0.05, 0) is 42.7 Å². The third kappa shape index (κ3) is 5.51. The Morgan fingerprint density at radius 1 is 1.06 bits per heavy atom. The lowest BCUT2D eigenvalue weighted by Gasteiger charge is -2.35. The second-order valence-electron chi connectivity index (χ2n) is 8.47. The van der Waals surface area contributed by atoms with Crippen LogP contribution in [0.3, 0.4) is 0 Å². The Morgan fingerprint density at radius 2 is 1.80 bits per heavy atom. The third-order valence-corrected chi connectivity index (χ3v) is 6.26. The number of carbonyl (C=O) groups is 3. The SMILES string of the molecule is NC(=O)c1ccccc1N1CCC(NCCNC(=O)N2C(=O)OC[C@@H]2c2ccc(F)c(F)c2)CC1. The number of imide groups is 1. The number of cyclic esters (lactones) is 1. The molecule has 2 saturated heterocycles. The zero-order chi connectivity index (χ0) is 24.9. The van der Waals surface area contributed by atoms with Gasteiger partial charge in [0, 0.05) is 37.9 Å². The van der Waals surface area contributed by atoms with Crippen LogP contribution in [0.1, 0.15) is 34.8 Å². The number of nitrogens with two attached hydrogens (primary N) is 1. The summed E-state index contributed by atoms with van der Waals surface area (Å²) >= 11 is 0. The van der Waals surface area contributed by atoms with Crippen LogP contribution in [-0.4, -0.2) is 61.8 Å². The predicted molar refractivity (Wildman–Crippen MR) is 124 cm³/mol. The molecule has 0 aliphatic carbocycles. The highest BCUT2D eigenvalue weighted by atomic mass is 19.2. The number of urea groups is 1. The van der Waals surface area contributed by atoms with Crippen molar-refractivity contribution in [3.05, 3.63) is 65.2 Å². The number of nitrogens with zero attached hydrogens (tertiary/aromatic N) is 2. The van der Waals surface area contributed by atoms with Gasteiger partial charge in [-0.1, -0.05) is 18.2 Å². The van der Waals surface area contributed by atoms with E-state index in [1.807, 2.05) is 12.1 Å². The Morgan fingerprint density at radius 3 is 2.51 bits per heavy atom. The smallest absolute Gasteiger partial charge is 0.418 e. The number of ether oxygens (including phenoxy) is 1. The average molecular weight is 488 g/mol. The van der Waals surface area contributed by atoms with E-state index in [4.69, 9.17) is 10.5 Å². The van der Waals surface area contributed by atoms with Crippen LogP contribution in [0.25, 0.3) is 0 Å². The Labute approximate surface area is 201 Å². The van der Waals surface area contributed by atoms with E-state index in [1.165, 1.54) is 6.07 Å². The summed E-state index contributed by atoms with van der Waals surface area (Å²) in [6.45, 7) is 2.12. The summed E-state index contributed by atoms with van der Waals surface area (Å²) in [6.07, 6.45) is 0.851. The first kappa shape index (κ1) is 24.4. The molecule has 0 saturated carbocycles. The topological polar surface area (TPSA) is 117 Å². The van der Waals surface area contributed by atoms with Crippen LogP contribution in [0.15, 0.2) is 42.5 Å². The molecule has 4 rings (SSSR count). The van der Waals surface area contributed by atoms with Gasteiger partial charge in [-0.25, -0.2) is 23.3 Å². The molecule has 186 valence electrons. The highest BCUT2D eigenvalue weighted by molar-refractivity contribution is 5.98. The number of nitrogens with one attached hydrogen (secondary N) is 2. The number of hydrogen-bond donors (Lipinski definition) is 3. The molecule has 4 amide bonds. The summed E-state index contributed by atoms with van der Waals surface area (Å²) in [5.74, 6) is -2.52.